The molecule has 0 bridgehead atoms. The minimum atomic E-state index is 0.0233. The molecule has 0 fully saturated rings. The molecule has 1 unspecified atom stereocenters. The van der Waals surface area contributed by atoms with Crippen molar-refractivity contribution in [2.24, 2.45) is 0 Å². The zero-order chi connectivity index (χ0) is 18.8. The molecule has 0 saturated carbocycles. The Bertz CT molecular complexity index is 981. The number of fused-ring (bicyclic) bond motifs is 2. The van der Waals surface area contributed by atoms with Crippen molar-refractivity contribution < 1.29 is 4.79 Å². The number of hydrogen-bond donors (Lipinski definition) is 2. The molecule has 27 heavy (non-hydrogen) atoms. The van der Waals surface area contributed by atoms with Crippen LogP contribution >= 0.6 is 11.8 Å². The lowest BCUT2D eigenvalue weighted by atomic mass is 9.87. The van der Waals surface area contributed by atoms with E-state index in [2.05, 4.69) is 17.6 Å². The first-order valence-corrected chi connectivity index (χ1v) is 10.7. The molecule has 0 aliphatic heterocycles. The van der Waals surface area contributed by atoms with Gasteiger partial charge in [-0.15, -0.1) is 0 Å². The third-order valence-electron chi connectivity index (χ3n) is 5.13. The third-order valence-corrected chi connectivity index (χ3v) is 5.67. The Morgan fingerprint density at radius 3 is 3.04 bits per heavy atom. The smallest absolute Gasteiger partial charge is 0.240 e. The molecule has 1 aliphatic rings. The van der Waals surface area contributed by atoms with E-state index in [0.717, 1.165) is 47.6 Å². The highest BCUT2D eigenvalue weighted by atomic mass is 32.2. The summed E-state index contributed by atoms with van der Waals surface area (Å²) in [5.41, 5.74) is 11.1. The molecule has 140 valence electrons. The summed E-state index contributed by atoms with van der Waals surface area (Å²) in [6.45, 7) is 0.289. The highest BCUT2D eigenvalue weighted by molar-refractivity contribution is 7.97. The van der Waals surface area contributed by atoms with Gasteiger partial charge in [-0.1, -0.05) is 18.2 Å². The van der Waals surface area contributed by atoms with E-state index in [4.69, 9.17) is 10.7 Å². The van der Waals surface area contributed by atoms with Crippen molar-refractivity contribution in [2.75, 3.05) is 12.0 Å². The Labute approximate surface area is 163 Å². The number of aromatic nitrogens is 2. The van der Waals surface area contributed by atoms with Crippen LogP contribution in [-0.4, -0.2) is 21.7 Å². The zero-order valence-electron chi connectivity index (χ0n) is 15.4. The number of carbonyl (C=O) groups excluding carboxylic acids is 1. The van der Waals surface area contributed by atoms with E-state index in [-0.39, 0.29) is 18.5 Å². The van der Waals surface area contributed by atoms with Gasteiger partial charge in [0.1, 0.15) is 12.4 Å². The van der Waals surface area contributed by atoms with Crippen molar-refractivity contribution >= 4 is 34.4 Å². The Morgan fingerprint density at radius 2 is 2.19 bits per heavy atom. The van der Waals surface area contributed by atoms with Gasteiger partial charge in [-0.25, -0.2) is 4.98 Å². The molecule has 1 aromatic heterocycles. The predicted octanol–water partition coefficient (Wildman–Crippen LogP) is 3.68. The Kier molecular flexibility index (Phi) is 5.07. The Balaban J connectivity index is 1.56. The van der Waals surface area contributed by atoms with E-state index in [1.165, 1.54) is 11.1 Å². The van der Waals surface area contributed by atoms with Gasteiger partial charge in [0, 0.05) is 5.69 Å². The molecule has 1 aliphatic carbocycles. The zero-order valence-corrected chi connectivity index (χ0v) is 16.3. The number of carbonyl (C=O) groups is 1. The lowest BCUT2D eigenvalue weighted by Gasteiger charge is -2.27. The van der Waals surface area contributed by atoms with Gasteiger partial charge >= 0.3 is 0 Å². The maximum absolute atomic E-state index is 12.9. The van der Waals surface area contributed by atoms with Crippen LogP contribution in [0.2, 0.25) is 0 Å². The summed E-state index contributed by atoms with van der Waals surface area (Å²) < 4.78 is 2.04. The average Bonchev–Trinajstić information content (AvgIpc) is 2.99. The number of amides is 1. The standard InChI is InChI=1S/C21H24N4OS/c1-27-13-20-23-18-6-2-3-8-19(18)25(20)12-21(26)24-17-7-4-5-14-11-15(22)9-10-16(14)17/h2-3,6,8-11,17H,4-5,7,12-13,22H2,1H3,(H,24,26). The molecule has 5 nitrogen and oxygen atoms in total. The Morgan fingerprint density at radius 1 is 1.33 bits per heavy atom. The number of anilines is 1. The molecule has 2 aromatic carbocycles. The molecule has 1 heterocycles. The number of hydrogen-bond acceptors (Lipinski definition) is 4. The molecule has 4 rings (SSSR count). The second-order valence-electron chi connectivity index (χ2n) is 7.01. The summed E-state index contributed by atoms with van der Waals surface area (Å²) in [7, 11) is 0. The molecule has 3 N–H and O–H groups in total. The van der Waals surface area contributed by atoms with Gasteiger partial charge in [0.15, 0.2) is 0 Å². The van der Waals surface area contributed by atoms with E-state index in [1.807, 2.05) is 41.0 Å². The molecule has 1 amide bonds. The van der Waals surface area contributed by atoms with Crippen molar-refractivity contribution in [1.82, 2.24) is 14.9 Å². The molecule has 0 saturated heterocycles. The molecular weight excluding hydrogens is 356 g/mol. The number of imidazole rings is 1. The quantitative estimate of drug-likeness (QED) is 0.663. The molecule has 3 aromatic rings. The van der Waals surface area contributed by atoms with Gasteiger partial charge in [0.05, 0.1) is 22.8 Å². The van der Waals surface area contributed by atoms with Crippen LogP contribution < -0.4 is 11.1 Å². The van der Waals surface area contributed by atoms with E-state index in [0.29, 0.717) is 0 Å². The second-order valence-corrected chi connectivity index (χ2v) is 7.87. The number of thioether (sulfide) groups is 1. The van der Waals surface area contributed by atoms with Crippen LogP contribution in [0.1, 0.15) is 35.8 Å². The van der Waals surface area contributed by atoms with Crippen LogP contribution in [0.5, 0.6) is 0 Å². The van der Waals surface area contributed by atoms with Gasteiger partial charge in [-0.2, -0.15) is 11.8 Å². The molecule has 6 heteroatoms. The van der Waals surface area contributed by atoms with Crippen LogP contribution in [0.4, 0.5) is 5.69 Å². The van der Waals surface area contributed by atoms with Crippen molar-refractivity contribution in [1.29, 1.82) is 0 Å². The summed E-state index contributed by atoms with van der Waals surface area (Å²) >= 11 is 1.71. The van der Waals surface area contributed by atoms with E-state index >= 15 is 0 Å². The van der Waals surface area contributed by atoms with Crippen LogP contribution in [0.15, 0.2) is 42.5 Å². The van der Waals surface area contributed by atoms with Gasteiger partial charge < -0.3 is 15.6 Å². The first-order chi connectivity index (χ1) is 13.2. The summed E-state index contributed by atoms with van der Waals surface area (Å²) in [5.74, 6) is 1.75. The number of aryl methyl sites for hydroxylation is 1. The van der Waals surface area contributed by atoms with Gasteiger partial charge in [-0.05, 0) is 60.9 Å². The highest BCUT2D eigenvalue weighted by Crippen LogP contribution is 2.31. The number of nitrogens with zero attached hydrogens (tertiary/aromatic N) is 2. The summed E-state index contributed by atoms with van der Waals surface area (Å²) in [4.78, 5) is 17.6. The van der Waals surface area contributed by atoms with Crippen molar-refractivity contribution in [3.8, 4) is 0 Å². The van der Waals surface area contributed by atoms with Gasteiger partial charge in [0.25, 0.3) is 0 Å². The van der Waals surface area contributed by atoms with Crippen LogP contribution in [0.25, 0.3) is 11.0 Å². The maximum Gasteiger partial charge on any atom is 0.240 e. The highest BCUT2D eigenvalue weighted by Gasteiger charge is 2.22. The Hall–Kier alpha value is -2.47. The largest absolute Gasteiger partial charge is 0.399 e. The summed E-state index contributed by atoms with van der Waals surface area (Å²) in [5, 5.41) is 3.23. The van der Waals surface area contributed by atoms with Crippen molar-refractivity contribution in [2.45, 2.75) is 37.6 Å². The minimum absolute atomic E-state index is 0.0233. The van der Waals surface area contributed by atoms with Crippen LogP contribution in [-0.2, 0) is 23.5 Å². The fourth-order valence-electron chi connectivity index (χ4n) is 3.91. The number of rotatable bonds is 5. The predicted molar refractivity (Wildman–Crippen MR) is 112 cm³/mol. The third kappa shape index (κ3) is 3.67. The van der Waals surface area contributed by atoms with Gasteiger partial charge in [0.2, 0.25) is 5.91 Å². The molecule has 1 atom stereocenters. The van der Waals surface area contributed by atoms with Crippen molar-refractivity contribution in [3.05, 3.63) is 59.4 Å². The van der Waals surface area contributed by atoms with Crippen LogP contribution in [0.3, 0.4) is 0 Å². The van der Waals surface area contributed by atoms with Crippen molar-refractivity contribution in [3.63, 3.8) is 0 Å². The van der Waals surface area contributed by atoms with E-state index in [9.17, 15) is 4.79 Å². The number of nitrogen functional groups attached to an aromatic ring is 1. The lowest BCUT2D eigenvalue weighted by molar-refractivity contribution is -0.122. The number of benzene rings is 2. The topological polar surface area (TPSA) is 72.9 Å². The summed E-state index contributed by atoms with van der Waals surface area (Å²) in [6.07, 6.45) is 5.10. The lowest BCUT2D eigenvalue weighted by Crippen LogP contribution is -2.33. The summed E-state index contributed by atoms with van der Waals surface area (Å²) in [6, 6.07) is 14.1. The fourth-order valence-corrected chi connectivity index (χ4v) is 4.39. The first kappa shape index (κ1) is 17.9. The molecule has 0 radical (unpaired) electrons. The maximum atomic E-state index is 12.9. The van der Waals surface area contributed by atoms with E-state index in [1.54, 1.807) is 11.8 Å². The SMILES string of the molecule is CSCc1nc2ccccc2n1CC(=O)NC1CCCc2cc(N)ccc21. The number of para-hydroxylation sites is 2. The first-order valence-electron chi connectivity index (χ1n) is 9.26. The average molecular weight is 381 g/mol. The normalized spacial score (nSPS) is 16.3. The monoisotopic (exact) mass is 380 g/mol. The van der Waals surface area contributed by atoms with Crippen LogP contribution in [0, 0.1) is 0 Å². The molecular formula is C21H24N4OS. The minimum Gasteiger partial charge on any atom is -0.399 e. The number of nitrogens with two attached hydrogens (primary N) is 1. The van der Waals surface area contributed by atoms with E-state index < -0.39 is 0 Å². The van der Waals surface area contributed by atoms with Gasteiger partial charge in [-0.3, -0.25) is 4.79 Å². The fraction of sp³-hybridized carbons (Fsp3) is 0.333. The number of nitrogens with one attached hydrogen (secondary N) is 1. The molecule has 0 spiro atoms. The second kappa shape index (κ2) is 7.64.